The molecule has 0 saturated carbocycles. The smallest absolute Gasteiger partial charge is 0.114 e. The van der Waals surface area contributed by atoms with E-state index in [0.29, 0.717) is 0 Å². The first-order chi connectivity index (χ1) is 47.6. The van der Waals surface area contributed by atoms with Gasteiger partial charge in [0.15, 0.2) is 0 Å². The molecule has 0 aliphatic heterocycles. The van der Waals surface area contributed by atoms with E-state index in [1.54, 1.807) is 105 Å². The van der Waals surface area contributed by atoms with Crippen molar-refractivity contribution < 1.29 is 219 Å². The quantitative estimate of drug-likeness (QED) is 0.0168. The minimum atomic E-state index is -1.56. The summed E-state index contributed by atoms with van der Waals surface area (Å²) in [7, 11) is 5.50. The summed E-state index contributed by atoms with van der Waals surface area (Å²) in [6, 6.07) is 3.37. The van der Waals surface area contributed by atoms with Gasteiger partial charge in [0.05, 0.1) is 51.1 Å². The molecule has 0 aromatic heterocycles. The third kappa shape index (κ3) is 77.8. The Balaban J connectivity index is -0.0000000481. The van der Waals surface area contributed by atoms with Crippen LogP contribution in [-0.4, -0.2) is 261 Å². The molecule has 0 aliphatic rings. The minimum Gasteiger partial charge on any atom is -0.388 e. The van der Waals surface area contributed by atoms with Crippen molar-refractivity contribution in [2.24, 2.45) is 85.4 Å². The van der Waals surface area contributed by atoms with Gasteiger partial charge < -0.3 is 51.1 Å². The predicted octanol–water partition coefficient (Wildman–Crippen LogP) is 16.2. The average molecular weight is 2140 g/mol. The first-order valence-electron chi connectivity index (χ1n) is 39.1. The zero-order chi connectivity index (χ0) is 86.0. The van der Waals surface area contributed by atoms with Gasteiger partial charge in [-0.15, -0.1) is 0 Å². The van der Waals surface area contributed by atoms with Gasteiger partial charge in [0.25, 0.3) is 0 Å². The van der Waals surface area contributed by atoms with Gasteiger partial charge in [-0.25, -0.2) is 0 Å². The predicted molar refractivity (Wildman–Crippen MR) is 480 cm³/mol. The van der Waals surface area contributed by atoms with Gasteiger partial charge in [-0.05, 0) is 129 Å². The van der Waals surface area contributed by atoms with Gasteiger partial charge in [-0.2, -0.15) is 0 Å². The van der Waals surface area contributed by atoms with Crippen molar-refractivity contribution in [3.63, 3.8) is 0 Å². The Morgan fingerprint density at radius 1 is 0.278 bits per heavy atom. The first kappa shape index (κ1) is 167. The Labute approximate surface area is 815 Å². The molecule has 0 aromatic carbocycles. The molecule has 6 unspecified atom stereocenters. The summed E-state index contributed by atoms with van der Waals surface area (Å²) in [4.78, 5) is 39.2. The van der Waals surface area contributed by atoms with Gasteiger partial charge in [-0.3, -0.25) is 49.9 Å². The molecular weight excluding hydrogens is 1960 g/mol. The molecule has 0 heterocycles. The number of hydrogen-bond acceptors (Lipinski definition) is 20. The number of nitrogens with zero attached hydrogens (tertiary/aromatic N) is 10. The second-order valence-electron chi connectivity index (χ2n) is 31.6. The Morgan fingerprint density at radius 2 is 0.504 bits per heavy atom. The third-order valence-corrected chi connectivity index (χ3v) is 32.7. The Morgan fingerprint density at radius 3 is 0.678 bits per heavy atom. The van der Waals surface area contributed by atoms with E-state index in [0.717, 1.165) is 82.8 Å². The van der Waals surface area contributed by atoms with E-state index in [9.17, 15) is 46.0 Å². The van der Waals surface area contributed by atoms with E-state index in [2.05, 4.69) is 117 Å². The molecule has 10 N–H and O–H groups in total. The van der Waals surface area contributed by atoms with Crippen molar-refractivity contribution in [1.82, 2.24) is 0 Å². The topological polar surface area (TPSA) is 326 Å². The Hall–Kier alpha value is 1.76. The molecule has 0 rings (SSSR count). The first-order valence-corrected chi connectivity index (χ1v) is 48.8. The van der Waals surface area contributed by atoms with Crippen LogP contribution < -0.4 is 0 Å². The molecule has 0 aromatic rings. The molecule has 20 nitrogen and oxygen atoms in total. The molecule has 0 fully saturated rings. The van der Waals surface area contributed by atoms with Crippen LogP contribution in [0.4, 0.5) is 0 Å². The van der Waals surface area contributed by atoms with E-state index in [1.165, 1.54) is 12.3 Å². The number of hydrogen-bond donors (Lipinski definition) is 10. The van der Waals surface area contributed by atoms with E-state index in [1.807, 2.05) is 173 Å². The second-order valence-corrected chi connectivity index (χ2v) is 48.3. The largest absolute Gasteiger partial charge is 0.388 e. The van der Waals surface area contributed by atoms with Crippen LogP contribution in [0.5, 0.6) is 0 Å². The fourth-order valence-electron chi connectivity index (χ4n) is 8.94. The minimum absolute atomic E-state index is 0. The molecule has 10 radical (unpaired) electrons. The summed E-state index contributed by atoms with van der Waals surface area (Å²) in [5, 5.41) is 96.0. The SMILES string of the molecule is C=CC(C)(O)C=NC.CCC(O)(C=NC)C(C)C.CCC(O)(C=NC)CC.CCN=CC(C)(O)[Si](C)(C)C.CCN=CC(O)(C(C)C)C(C)C.CCN=CC(O)(CC)C(C)C.CCN=CC(O)(CC)CC.CC[Si](CC)(CC)C(C)(O)C=NC.CN=CC(C)(O)[Si](C)(C)C.CN=CC(O)(C(C)C)C(C)C.[Co].[Co].[Co].[Co].[Co].[Co].[Co].[Co].[Co].[Co]. The summed E-state index contributed by atoms with van der Waals surface area (Å²) in [6.45, 7) is 76.6. The summed E-state index contributed by atoms with van der Waals surface area (Å²) in [5.41, 5.74) is -5.13. The van der Waals surface area contributed by atoms with Crippen LogP contribution in [0.2, 0.25) is 57.4 Å². The normalized spacial score (nSPS) is 14.9. The molecule has 33 heteroatoms. The molecule has 0 spiro atoms. The van der Waals surface area contributed by atoms with Crippen LogP contribution in [-0.2, 0) is 168 Å². The Bertz CT molecular complexity index is 2380. The van der Waals surface area contributed by atoms with Gasteiger partial charge >= 0.3 is 0 Å². The van der Waals surface area contributed by atoms with Crippen LogP contribution in [0.25, 0.3) is 0 Å². The molecular formula is C82H178Co10N10O10Si3. The van der Waals surface area contributed by atoms with E-state index in [4.69, 9.17) is 5.11 Å². The number of aliphatic imine (C=N–C) groups is 10. The van der Waals surface area contributed by atoms with Gasteiger partial charge in [0, 0.05) is 298 Å². The average Bonchev–Trinajstić information content (AvgIpc) is 0.803. The van der Waals surface area contributed by atoms with Crippen molar-refractivity contribution in [3.8, 4) is 0 Å². The maximum atomic E-state index is 10.3. The van der Waals surface area contributed by atoms with E-state index < -0.39 is 79.1 Å². The molecule has 115 heavy (non-hydrogen) atoms. The standard InChI is InChI=1S/C10H23NOSi.C10H21NO.2C9H19NO.C8H19NOSi.2C8H17NO.C7H17NOSi.C7H15NO.C6H11NO.10Co/c1-6-13(7-2,8-3)10(4,12)9-11-5;1-6-11-7-10(12,8(2)3)9(4)5;1-7(2)9(11,6-10-5)8(3)4;1-5-9(11,8(3)4)7-10-6-2;1-6-9-7-8(2,10)11(3,4)5;1-5-8(10,6-9-4)7(2)3;1-4-8(10,5-2)7-9-6-3;1-7(9,6-8-2)10(3,4)5;1-4-7(9,5-2)6-8-3;1-4-6(2,8)5-7-3;;;;;;;;;;/h9,12H,6-8H2,1-5H3;7-9,12H,6H2,1-5H3;6-8,11H,1-5H3;7-8,11H,5-6H2,1-4H3;7,10H,6H2,1-5H3;6-7,10H,5H2,1-4H3;7,10H,4-6H2,1-3H3;6,9H,1-5H3;6,9H,4-5H2,1-3H3;4-5,8H,1H2,2-3H3;;;;;;;;;;. The summed E-state index contributed by atoms with van der Waals surface area (Å²) in [6.07, 6.45) is 22.2. The van der Waals surface area contributed by atoms with Crippen LogP contribution in [0.1, 0.15) is 239 Å². The van der Waals surface area contributed by atoms with E-state index in [-0.39, 0.29) is 203 Å². The molecule has 0 bridgehead atoms. The van der Waals surface area contributed by atoms with E-state index >= 15 is 0 Å². The monoisotopic (exact) mass is 2140 g/mol. The second kappa shape index (κ2) is 87.8. The molecule has 0 saturated heterocycles. The van der Waals surface area contributed by atoms with Crippen LogP contribution in [0.3, 0.4) is 0 Å². The van der Waals surface area contributed by atoms with Crippen molar-refractivity contribution in [2.45, 2.75) is 352 Å². The van der Waals surface area contributed by atoms with Crippen molar-refractivity contribution in [2.75, 3.05) is 68.5 Å². The Kier molecular flexibility index (Phi) is 128. The molecule has 0 amide bonds. The zero-order valence-corrected chi connectivity index (χ0v) is 92.9. The van der Waals surface area contributed by atoms with Gasteiger partial charge in [-0.1, -0.05) is 215 Å². The summed E-state index contributed by atoms with van der Waals surface area (Å²) >= 11 is 0. The molecule has 0 aliphatic carbocycles. The summed E-state index contributed by atoms with van der Waals surface area (Å²) < 4.78 is 0. The fraction of sp³-hybridized carbons (Fsp3) is 0.854. The zero-order valence-electron chi connectivity index (χ0n) is 79.5. The van der Waals surface area contributed by atoms with Crippen molar-refractivity contribution >= 4 is 86.4 Å². The van der Waals surface area contributed by atoms with Gasteiger partial charge in [0.1, 0.15) is 28.0 Å². The fourth-order valence-corrected chi connectivity index (χ4v) is 14.0. The van der Waals surface area contributed by atoms with Crippen molar-refractivity contribution in [3.05, 3.63) is 12.7 Å². The van der Waals surface area contributed by atoms with Gasteiger partial charge in [0.2, 0.25) is 0 Å². The molecule has 6 atom stereocenters. The van der Waals surface area contributed by atoms with Crippen LogP contribution in [0, 0.1) is 35.5 Å². The van der Waals surface area contributed by atoms with Crippen LogP contribution >= 0.6 is 0 Å². The van der Waals surface area contributed by atoms with Crippen molar-refractivity contribution in [1.29, 1.82) is 0 Å². The van der Waals surface area contributed by atoms with Crippen LogP contribution in [0.15, 0.2) is 62.6 Å². The maximum absolute atomic E-state index is 10.3. The number of aliphatic hydroxyl groups is 10. The third-order valence-electron chi connectivity index (χ3n) is 20.1. The number of rotatable bonds is 33. The molecule has 718 valence electrons. The maximum Gasteiger partial charge on any atom is 0.114 e. The summed E-state index contributed by atoms with van der Waals surface area (Å²) in [5.74, 6) is 1.34.